The van der Waals surface area contributed by atoms with Gasteiger partial charge in [-0.25, -0.2) is 4.79 Å². The van der Waals surface area contributed by atoms with Crippen molar-refractivity contribution in [2.45, 2.75) is 0 Å². The molecule has 0 saturated carbocycles. The zero-order valence-corrected chi connectivity index (χ0v) is 14.9. The fourth-order valence-electron chi connectivity index (χ4n) is 1.68. The largest absolute Gasteiger partial charge is 0.326 e. The monoisotopic (exact) mass is 410 g/mol. The molecule has 0 aliphatic carbocycles. The van der Waals surface area contributed by atoms with Crippen molar-refractivity contribution in [1.82, 2.24) is 5.32 Å². The SMILES string of the molecule is O=C(NC(=O)c1c(Cl)cccc1Cl)Nc1cc(Cl)cc(Cl)c1Cl. The van der Waals surface area contributed by atoms with Gasteiger partial charge in [-0.2, -0.15) is 0 Å². The number of rotatable bonds is 2. The topological polar surface area (TPSA) is 58.2 Å². The average Bonchev–Trinajstić information content (AvgIpc) is 2.43. The number of hydrogen-bond acceptors (Lipinski definition) is 2. The number of carbonyl (C=O) groups is 2. The molecule has 0 aliphatic heterocycles. The lowest BCUT2D eigenvalue weighted by Gasteiger charge is -2.11. The highest BCUT2D eigenvalue weighted by Gasteiger charge is 2.18. The molecular weight excluding hydrogens is 405 g/mol. The van der Waals surface area contributed by atoms with Crippen LogP contribution in [-0.2, 0) is 0 Å². The Morgan fingerprint density at radius 1 is 0.870 bits per heavy atom. The van der Waals surface area contributed by atoms with E-state index in [1.807, 2.05) is 0 Å². The molecule has 9 heteroatoms. The number of urea groups is 1. The molecule has 0 aliphatic rings. The normalized spacial score (nSPS) is 10.3. The van der Waals surface area contributed by atoms with Crippen LogP contribution < -0.4 is 10.6 Å². The molecule has 0 saturated heterocycles. The standard InChI is InChI=1S/C14H7Cl5N2O2/c15-6-4-9(18)12(19)10(5-6)20-14(23)21-13(22)11-7(16)2-1-3-8(11)17/h1-5H,(H2,20,21,22,23). The van der Waals surface area contributed by atoms with Gasteiger partial charge in [-0.1, -0.05) is 64.1 Å². The molecular formula is C14H7Cl5N2O2. The second-order valence-electron chi connectivity index (χ2n) is 4.25. The summed E-state index contributed by atoms with van der Waals surface area (Å²) in [4.78, 5) is 24.0. The third-order valence-corrected chi connectivity index (χ3v) is 4.31. The first-order valence-electron chi connectivity index (χ1n) is 6.00. The number of amides is 3. The van der Waals surface area contributed by atoms with Crippen LogP contribution in [0.25, 0.3) is 0 Å². The first kappa shape index (κ1) is 18.2. The van der Waals surface area contributed by atoms with Gasteiger partial charge in [0.15, 0.2) is 0 Å². The highest BCUT2D eigenvalue weighted by Crippen LogP contribution is 2.33. The molecule has 2 aromatic carbocycles. The number of benzene rings is 2. The Hall–Kier alpha value is -1.17. The van der Waals surface area contributed by atoms with Crippen LogP contribution in [0.2, 0.25) is 25.1 Å². The maximum atomic E-state index is 12.1. The maximum Gasteiger partial charge on any atom is 0.326 e. The van der Waals surface area contributed by atoms with Crippen LogP contribution in [-0.4, -0.2) is 11.9 Å². The van der Waals surface area contributed by atoms with Crippen LogP contribution in [0.4, 0.5) is 10.5 Å². The van der Waals surface area contributed by atoms with E-state index >= 15 is 0 Å². The summed E-state index contributed by atoms with van der Waals surface area (Å²) >= 11 is 29.4. The minimum atomic E-state index is -0.841. The molecule has 0 spiro atoms. The Morgan fingerprint density at radius 2 is 1.48 bits per heavy atom. The van der Waals surface area contributed by atoms with E-state index in [1.165, 1.54) is 24.3 Å². The fourth-order valence-corrected chi connectivity index (χ4v) is 2.90. The van der Waals surface area contributed by atoms with Crippen molar-refractivity contribution >= 4 is 75.6 Å². The van der Waals surface area contributed by atoms with Gasteiger partial charge in [0.1, 0.15) is 0 Å². The number of halogens is 5. The highest BCUT2D eigenvalue weighted by atomic mass is 35.5. The fraction of sp³-hybridized carbons (Fsp3) is 0. The number of carbonyl (C=O) groups excluding carboxylic acids is 2. The summed E-state index contributed by atoms with van der Waals surface area (Å²) in [6, 6.07) is 6.51. The summed E-state index contributed by atoms with van der Waals surface area (Å²) in [6.07, 6.45) is 0. The Labute approximate surface area is 156 Å². The van der Waals surface area contributed by atoms with Crippen LogP contribution in [0.3, 0.4) is 0 Å². The van der Waals surface area contributed by atoms with Gasteiger partial charge in [0.2, 0.25) is 0 Å². The van der Waals surface area contributed by atoms with Crippen LogP contribution in [0.15, 0.2) is 30.3 Å². The summed E-state index contributed by atoms with van der Waals surface area (Å²) in [7, 11) is 0. The van der Waals surface area contributed by atoms with Gasteiger partial charge in [-0.15, -0.1) is 0 Å². The van der Waals surface area contributed by atoms with E-state index in [9.17, 15) is 9.59 Å². The zero-order chi connectivity index (χ0) is 17.1. The molecule has 4 nitrogen and oxygen atoms in total. The predicted octanol–water partition coefficient (Wildman–Crippen LogP) is 5.92. The molecule has 2 rings (SSSR count). The predicted molar refractivity (Wildman–Crippen MR) is 94.4 cm³/mol. The molecule has 0 aromatic heterocycles. The van der Waals surface area contributed by atoms with E-state index in [1.54, 1.807) is 6.07 Å². The summed E-state index contributed by atoms with van der Waals surface area (Å²) in [5.41, 5.74) is 0.140. The van der Waals surface area contributed by atoms with Gasteiger partial charge in [-0.3, -0.25) is 10.1 Å². The van der Waals surface area contributed by atoms with E-state index in [0.29, 0.717) is 0 Å². The van der Waals surface area contributed by atoms with Gasteiger partial charge in [0.05, 0.1) is 31.3 Å². The van der Waals surface area contributed by atoms with Gasteiger partial charge in [0, 0.05) is 5.02 Å². The molecule has 2 N–H and O–H groups in total. The minimum Gasteiger partial charge on any atom is -0.306 e. The van der Waals surface area contributed by atoms with Crippen molar-refractivity contribution in [3.05, 3.63) is 61.0 Å². The first-order valence-corrected chi connectivity index (χ1v) is 7.89. The quantitative estimate of drug-likeness (QED) is 0.602. The summed E-state index contributed by atoms with van der Waals surface area (Å²) in [6.45, 7) is 0. The lowest BCUT2D eigenvalue weighted by atomic mass is 10.2. The number of nitrogens with one attached hydrogen (secondary N) is 2. The molecule has 0 fully saturated rings. The van der Waals surface area contributed by atoms with Crippen molar-refractivity contribution in [3.8, 4) is 0 Å². The van der Waals surface area contributed by atoms with Crippen LogP contribution >= 0.6 is 58.0 Å². The van der Waals surface area contributed by atoms with Gasteiger partial charge in [-0.05, 0) is 24.3 Å². The minimum absolute atomic E-state index is 0.0128. The van der Waals surface area contributed by atoms with Crippen LogP contribution in [0.1, 0.15) is 10.4 Å². The van der Waals surface area contributed by atoms with Crippen molar-refractivity contribution in [2.75, 3.05) is 5.32 Å². The van der Waals surface area contributed by atoms with Crippen molar-refractivity contribution in [3.63, 3.8) is 0 Å². The van der Waals surface area contributed by atoms with Crippen molar-refractivity contribution in [1.29, 1.82) is 0 Å². The van der Waals surface area contributed by atoms with Crippen LogP contribution in [0.5, 0.6) is 0 Å². The van der Waals surface area contributed by atoms with E-state index in [-0.39, 0.29) is 36.4 Å². The Morgan fingerprint density at radius 3 is 2.09 bits per heavy atom. The molecule has 0 unspecified atom stereocenters. The van der Waals surface area contributed by atoms with E-state index < -0.39 is 11.9 Å². The van der Waals surface area contributed by atoms with E-state index in [0.717, 1.165) is 0 Å². The lowest BCUT2D eigenvalue weighted by molar-refractivity contribution is 0.0967. The van der Waals surface area contributed by atoms with E-state index in [2.05, 4.69) is 10.6 Å². The first-order chi connectivity index (χ1) is 10.8. The van der Waals surface area contributed by atoms with Crippen molar-refractivity contribution in [2.24, 2.45) is 0 Å². The molecule has 0 radical (unpaired) electrons. The van der Waals surface area contributed by atoms with Gasteiger partial charge >= 0.3 is 6.03 Å². The zero-order valence-electron chi connectivity index (χ0n) is 11.1. The lowest BCUT2D eigenvalue weighted by Crippen LogP contribution is -2.34. The van der Waals surface area contributed by atoms with Crippen LogP contribution in [0, 0.1) is 0 Å². The third kappa shape index (κ3) is 4.43. The summed E-state index contributed by atoms with van der Waals surface area (Å²) in [5.74, 6) is -0.762. The second kappa shape index (κ2) is 7.60. The molecule has 0 heterocycles. The van der Waals surface area contributed by atoms with Crippen molar-refractivity contribution < 1.29 is 9.59 Å². The smallest absolute Gasteiger partial charge is 0.306 e. The summed E-state index contributed by atoms with van der Waals surface area (Å²) in [5, 5.41) is 5.23. The summed E-state index contributed by atoms with van der Waals surface area (Å²) < 4.78 is 0. The second-order valence-corrected chi connectivity index (χ2v) is 6.29. The molecule has 2 aromatic rings. The Bertz CT molecular complexity index is 775. The third-order valence-electron chi connectivity index (χ3n) is 2.66. The Balaban J connectivity index is 2.16. The van der Waals surface area contributed by atoms with E-state index in [4.69, 9.17) is 58.0 Å². The molecule has 0 bridgehead atoms. The highest BCUT2D eigenvalue weighted by molar-refractivity contribution is 6.45. The number of anilines is 1. The number of imide groups is 1. The molecule has 3 amide bonds. The van der Waals surface area contributed by atoms with Gasteiger partial charge in [0.25, 0.3) is 5.91 Å². The molecule has 23 heavy (non-hydrogen) atoms. The van der Waals surface area contributed by atoms with Gasteiger partial charge < -0.3 is 5.32 Å². The maximum absolute atomic E-state index is 12.1. The molecule has 120 valence electrons. The Kier molecular flexibility index (Phi) is 6.00. The molecule has 0 atom stereocenters. The average molecular weight is 412 g/mol. The number of hydrogen-bond donors (Lipinski definition) is 2.